The molecule has 2 unspecified atom stereocenters. The molecule has 4 rings (SSSR count). The highest BCUT2D eigenvalue weighted by atomic mass is 19.1. The molecule has 1 fully saturated rings. The van der Waals surface area contributed by atoms with Gasteiger partial charge in [-0.1, -0.05) is 26.8 Å². The van der Waals surface area contributed by atoms with Gasteiger partial charge in [0.05, 0.1) is 11.6 Å². The zero-order valence-electron chi connectivity index (χ0n) is 18.7. The first kappa shape index (κ1) is 22.3. The lowest BCUT2D eigenvalue weighted by molar-refractivity contribution is 0.0518. The number of fused-ring (bicyclic) bond motifs is 1. The predicted octanol–water partition coefficient (Wildman–Crippen LogP) is 4.45. The first-order valence-corrected chi connectivity index (χ1v) is 10.8. The van der Waals surface area contributed by atoms with Crippen LogP contribution in [0.2, 0.25) is 0 Å². The van der Waals surface area contributed by atoms with Crippen molar-refractivity contribution in [3.63, 3.8) is 0 Å². The number of amides is 1. The molecule has 1 aliphatic heterocycles. The van der Waals surface area contributed by atoms with Crippen LogP contribution in [0.5, 0.6) is 0 Å². The van der Waals surface area contributed by atoms with E-state index < -0.39 is 11.9 Å². The largest absolute Gasteiger partial charge is 0.465 e. The van der Waals surface area contributed by atoms with Gasteiger partial charge in [0.25, 0.3) is 0 Å². The molecule has 0 spiro atoms. The summed E-state index contributed by atoms with van der Waals surface area (Å²) in [5, 5.41) is 29.6. The fraction of sp³-hybridized carbons (Fsp3) is 0.391. The Labute approximate surface area is 190 Å². The molecule has 10 heteroatoms. The number of carboxylic acid groups (broad SMARTS) is 1. The summed E-state index contributed by atoms with van der Waals surface area (Å²) >= 11 is 0. The number of piperidine rings is 1. The summed E-state index contributed by atoms with van der Waals surface area (Å²) in [4.78, 5) is 17.9. The average Bonchev–Trinajstić information content (AvgIpc) is 3.16. The zero-order valence-corrected chi connectivity index (χ0v) is 18.7. The molecule has 3 N–H and O–H groups in total. The fourth-order valence-corrected chi connectivity index (χ4v) is 4.50. The molecule has 33 heavy (non-hydrogen) atoms. The molecule has 9 nitrogen and oxygen atoms in total. The van der Waals surface area contributed by atoms with E-state index in [1.165, 1.54) is 17.0 Å². The molecule has 172 valence electrons. The van der Waals surface area contributed by atoms with Gasteiger partial charge in [0, 0.05) is 18.3 Å². The predicted molar refractivity (Wildman–Crippen MR) is 122 cm³/mol. The Morgan fingerprint density at radius 1 is 1.30 bits per heavy atom. The van der Waals surface area contributed by atoms with Crippen LogP contribution >= 0.6 is 0 Å². The molecule has 3 heterocycles. The van der Waals surface area contributed by atoms with Gasteiger partial charge in [-0.2, -0.15) is 14.8 Å². The molecule has 1 amide bonds. The van der Waals surface area contributed by atoms with E-state index in [0.29, 0.717) is 23.7 Å². The summed E-state index contributed by atoms with van der Waals surface area (Å²) in [5.74, 6) is 0.337. The number of hydrogen-bond donors (Lipinski definition) is 3. The number of rotatable bonds is 4. The monoisotopic (exact) mass is 451 g/mol. The average molecular weight is 452 g/mol. The Morgan fingerprint density at radius 3 is 2.76 bits per heavy atom. The molecule has 0 aliphatic carbocycles. The molecular formula is C23H26FN7O2. The minimum atomic E-state index is -0.915. The van der Waals surface area contributed by atoms with Crippen LogP contribution in [-0.2, 0) is 0 Å². The molecule has 1 aromatic carbocycles. The van der Waals surface area contributed by atoms with Crippen molar-refractivity contribution in [3.8, 4) is 6.07 Å². The molecule has 3 aromatic rings. The fourth-order valence-electron chi connectivity index (χ4n) is 4.50. The number of nitriles is 1. The Kier molecular flexibility index (Phi) is 5.80. The van der Waals surface area contributed by atoms with Gasteiger partial charge in [-0.15, -0.1) is 5.10 Å². The van der Waals surface area contributed by atoms with Gasteiger partial charge in [0.1, 0.15) is 17.7 Å². The van der Waals surface area contributed by atoms with Crippen molar-refractivity contribution in [3.05, 3.63) is 47.8 Å². The summed E-state index contributed by atoms with van der Waals surface area (Å²) in [5.41, 5.74) is 0.703. The van der Waals surface area contributed by atoms with Crippen molar-refractivity contribution in [2.45, 2.75) is 45.7 Å². The van der Waals surface area contributed by atoms with Gasteiger partial charge in [-0.25, -0.2) is 9.18 Å². The summed E-state index contributed by atoms with van der Waals surface area (Å²) in [6, 6.07) is 11.2. The van der Waals surface area contributed by atoms with Gasteiger partial charge in [0.15, 0.2) is 5.65 Å². The van der Waals surface area contributed by atoms with E-state index in [1.807, 2.05) is 32.9 Å². The van der Waals surface area contributed by atoms with E-state index in [1.54, 1.807) is 22.7 Å². The molecule has 0 saturated carbocycles. The second kappa shape index (κ2) is 8.58. The van der Waals surface area contributed by atoms with Crippen LogP contribution in [0.25, 0.3) is 5.65 Å². The molecule has 1 aliphatic rings. The van der Waals surface area contributed by atoms with Crippen molar-refractivity contribution in [2.75, 3.05) is 17.2 Å². The number of carbonyl (C=O) groups is 1. The van der Waals surface area contributed by atoms with E-state index in [4.69, 9.17) is 5.26 Å². The van der Waals surface area contributed by atoms with Crippen LogP contribution in [-0.4, -0.2) is 49.3 Å². The maximum atomic E-state index is 13.9. The van der Waals surface area contributed by atoms with E-state index in [2.05, 4.69) is 20.7 Å². The minimum Gasteiger partial charge on any atom is -0.465 e. The second-order valence-corrected chi connectivity index (χ2v) is 9.23. The lowest BCUT2D eigenvalue weighted by Crippen LogP contribution is -2.58. The van der Waals surface area contributed by atoms with Crippen molar-refractivity contribution >= 4 is 29.2 Å². The van der Waals surface area contributed by atoms with Gasteiger partial charge in [-0.05, 0) is 48.6 Å². The number of nitrogens with zero attached hydrogens (tertiary/aromatic N) is 5. The van der Waals surface area contributed by atoms with Crippen molar-refractivity contribution in [1.82, 2.24) is 19.5 Å². The van der Waals surface area contributed by atoms with Crippen LogP contribution in [0.15, 0.2) is 36.4 Å². The van der Waals surface area contributed by atoms with E-state index >= 15 is 0 Å². The third kappa shape index (κ3) is 4.53. The third-order valence-electron chi connectivity index (χ3n) is 5.80. The number of pyridine rings is 1. The summed E-state index contributed by atoms with van der Waals surface area (Å²) in [6.07, 6.45) is 0.675. The lowest BCUT2D eigenvalue weighted by atomic mass is 9.77. The SMILES string of the molecule is CC(C)(C)C1C(Nc2cccc3nc(Nc4ccc(C#N)c(F)c4)nn23)CCCN1C(=O)O. The van der Waals surface area contributed by atoms with Gasteiger partial charge in [0.2, 0.25) is 5.95 Å². The van der Waals surface area contributed by atoms with Gasteiger partial charge in [-0.3, -0.25) is 0 Å². The highest BCUT2D eigenvalue weighted by Gasteiger charge is 2.42. The Balaban J connectivity index is 1.62. The number of anilines is 3. The van der Waals surface area contributed by atoms with E-state index in [-0.39, 0.29) is 29.0 Å². The minimum absolute atomic E-state index is 0.0358. The van der Waals surface area contributed by atoms with Crippen LogP contribution in [0.1, 0.15) is 39.2 Å². The maximum absolute atomic E-state index is 13.9. The molecule has 0 radical (unpaired) electrons. The molecule has 2 atom stereocenters. The Morgan fingerprint density at radius 2 is 2.09 bits per heavy atom. The highest BCUT2D eigenvalue weighted by molar-refractivity contribution is 5.66. The van der Waals surface area contributed by atoms with Crippen molar-refractivity contribution < 1.29 is 14.3 Å². The smallest absolute Gasteiger partial charge is 0.407 e. The van der Waals surface area contributed by atoms with Crippen LogP contribution in [0.4, 0.5) is 26.6 Å². The van der Waals surface area contributed by atoms with Crippen molar-refractivity contribution in [1.29, 1.82) is 5.26 Å². The zero-order chi connectivity index (χ0) is 23.8. The summed E-state index contributed by atoms with van der Waals surface area (Å²) in [7, 11) is 0. The van der Waals surface area contributed by atoms with Gasteiger partial charge < -0.3 is 20.6 Å². The normalized spacial score (nSPS) is 18.7. The van der Waals surface area contributed by atoms with E-state index in [9.17, 15) is 14.3 Å². The summed E-state index contributed by atoms with van der Waals surface area (Å²) < 4.78 is 15.6. The number of nitrogens with one attached hydrogen (secondary N) is 2. The number of aromatic nitrogens is 3. The lowest BCUT2D eigenvalue weighted by Gasteiger charge is -2.47. The first-order valence-electron chi connectivity index (χ1n) is 10.8. The molecule has 2 aromatic heterocycles. The van der Waals surface area contributed by atoms with Gasteiger partial charge >= 0.3 is 6.09 Å². The molecule has 0 bridgehead atoms. The Bertz CT molecular complexity index is 1230. The van der Waals surface area contributed by atoms with Crippen LogP contribution in [0.3, 0.4) is 0 Å². The number of halogens is 1. The van der Waals surface area contributed by atoms with Crippen molar-refractivity contribution in [2.24, 2.45) is 5.41 Å². The second-order valence-electron chi connectivity index (χ2n) is 9.23. The standard InChI is InChI=1S/C23H26FN7O2/c1-23(2,3)20-17(6-5-11-30(20)22(32)33)27-18-7-4-8-19-28-21(29-31(18)19)26-15-10-9-14(13-25)16(24)12-15/h4,7-10,12,17,20,27H,5-6,11H2,1-3H3,(H,26,29)(H,32,33). The number of hydrogen-bond acceptors (Lipinski definition) is 6. The molecular weight excluding hydrogens is 425 g/mol. The van der Waals surface area contributed by atoms with Crippen LogP contribution in [0, 0.1) is 22.6 Å². The number of benzene rings is 1. The Hall–Kier alpha value is -3.87. The number of likely N-dealkylation sites (tertiary alicyclic amines) is 1. The maximum Gasteiger partial charge on any atom is 0.407 e. The van der Waals surface area contributed by atoms with E-state index in [0.717, 1.165) is 12.8 Å². The topological polar surface area (TPSA) is 119 Å². The highest BCUT2D eigenvalue weighted by Crippen LogP contribution is 2.34. The molecule has 1 saturated heterocycles. The first-order chi connectivity index (χ1) is 15.7. The third-order valence-corrected chi connectivity index (χ3v) is 5.80. The van der Waals surface area contributed by atoms with Crippen LogP contribution < -0.4 is 10.6 Å². The summed E-state index contributed by atoms with van der Waals surface area (Å²) in [6.45, 7) is 6.64. The quantitative estimate of drug-likeness (QED) is 0.536.